The second-order valence-electron chi connectivity index (χ2n) is 13.4. The van der Waals surface area contributed by atoms with Crippen LogP contribution in [-0.4, -0.2) is 96.8 Å². The number of amides is 1. The van der Waals surface area contributed by atoms with E-state index in [1.165, 1.54) is 83.1 Å². The average molecular weight is 710 g/mol. The van der Waals surface area contributed by atoms with Gasteiger partial charge in [-0.05, 0) is 19.3 Å². The Morgan fingerprint density at radius 1 is 0.688 bits per heavy atom. The molecule has 1 aliphatic rings. The summed E-state index contributed by atoms with van der Waals surface area (Å²) in [5.74, 6) is -0.346. The first kappa shape index (κ1) is 45.1. The normalized spacial score (nSPS) is 25.6. The summed E-state index contributed by atoms with van der Waals surface area (Å²) in [6, 6.07) is -1.11. The highest BCUT2D eigenvalue weighted by molar-refractivity contribution is 7.47. The van der Waals surface area contributed by atoms with Crippen molar-refractivity contribution >= 4 is 13.7 Å². The van der Waals surface area contributed by atoms with Gasteiger partial charge in [0.1, 0.15) is 36.6 Å². The number of nitrogens with one attached hydrogen (secondary N) is 1. The maximum absolute atomic E-state index is 12.8. The summed E-state index contributed by atoms with van der Waals surface area (Å²) >= 11 is 0. The van der Waals surface area contributed by atoms with Crippen LogP contribution in [0.2, 0.25) is 0 Å². The molecule has 1 amide bonds. The van der Waals surface area contributed by atoms with Crippen LogP contribution in [0, 0.1) is 0 Å². The first-order valence-corrected chi connectivity index (χ1v) is 20.1. The highest BCUT2D eigenvalue weighted by Crippen LogP contribution is 2.47. The smallest absolute Gasteiger partial charge is 0.387 e. The number of rotatable bonds is 29. The van der Waals surface area contributed by atoms with Crippen molar-refractivity contribution in [2.24, 2.45) is 0 Å². The Morgan fingerprint density at radius 2 is 1.10 bits per heavy atom. The second-order valence-corrected chi connectivity index (χ2v) is 14.8. The number of phosphoric acid groups is 1. The maximum Gasteiger partial charge on any atom is 0.472 e. The van der Waals surface area contributed by atoms with E-state index < -0.39 is 63.2 Å². The lowest BCUT2D eigenvalue weighted by Gasteiger charge is -2.41. The zero-order valence-electron chi connectivity index (χ0n) is 29.5. The van der Waals surface area contributed by atoms with Gasteiger partial charge in [-0.1, -0.05) is 135 Å². The van der Waals surface area contributed by atoms with Crippen LogP contribution in [0.25, 0.3) is 0 Å². The molecule has 0 bridgehead atoms. The van der Waals surface area contributed by atoms with Gasteiger partial charge in [-0.25, -0.2) is 4.57 Å². The molecular weight excluding hydrogens is 641 g/mol. The van der Waals surface area contributed by atoms with Crippen LogP contribution in [0.3, 0.4) is 0 Å². The van der Waals surface area contributed by atoms with Crippen LogP contribution in [-0.2, 0) is 18.4 Å². The van der Waals surface area contributed by atoms with Crippen LogP contribution in [0.1, 0.15) is 149 Å². The van der Waals surface area contributed by atoms with Gasteiger partial charge in [0.05, 0.1) is 18.8 Å². The predicted molar refractivity (Wildman–Crippen MR) is 186 cm³/mol. The minimum atomic E-state index is -5.06. The van der Waals surface area contributed by atoms with Crippen LogP contribution >= 0.6 is 7.82 Å². The lowest BCUT2D eigenvalue weighted by Crippen LogP contribution is -2.64. The number of carbonyl (C=O) groups excluding carboxylic acids is 1. The zero-order valence-corrected chi connectivity index (χ0v) is 30.4. The Bertz CT molecular complexity index is 879. The molecule has 12 nitrogen and oxygen atoms in total. The summed E-state index contributed by atoms with van der Waals surface area (Å²) in [7, 11) is -5.06. The number of phosphoric ester groups is 1. The molecule has 1 rings (SSSR count). The second kappa shape index (κ2) is 26.8. The first-order chi connectivity index (χ1) is 22.9. The third-order valence-corrected chi connectivity index (χ3v) is 10.1. The fourth-order valence-corrected chi connectivity index (χ4v) is 6.87. The van der Waals surface area contributed by atoms with Gasteiger partial charge in [-0.2, -0.15) is 0 Å². The van der Waals surface area contributed by atoms with Crippen molar-refractivity contribution in [3.63, 3.8) is 0 Å². The SMILES string of the molecule is CCCCCCCCCCC/C=C/[C@@H](O)[C@H](COP(=O)(O)OC1C(O)C(O)C(O)[C@@H](O)C1O)NC(=O)CCCCCCCCCCCC. The van der Waals surface area contributed by atoms with E-state index in [9.17, 15) is 44.9 Å². The van der Waals surface area contributed by atoms with Gasteiger partial charge in [0.25, 0.3) is 0 Å². The average Bonchev–Trinajstić information content (AvgIpc) is 3.06. The van der Waals surface area contributed by atoms with E-state index >= 15 is 0 Å². The number of unbranched alkanes of at least 4 members (excludes halogenated alkanes) is 18. The monoisotopic (exact) mass is 709 g/mol. The molecule has 0 aromatic rings. The number of hydrogen-bond donors (Lipinski definition) is 8. The van der Waals surface area contributed by atoms with E-state index in [1.807, 2.05) is 6.08 Å². The number of carbonyl (C=O) groups is 1. The van der Waals surface area contributed by atoms with Gasteiger partial charge in [0.2, 0.25) is 5.91 Å². The molecule has 48 heavy (non-hydrogen) atoms. The molecule has 0 aromatic carbocycles. The third kappa shape index (κ3) is 19.5. The highest BCUT2D eigenvalue weighted by atomic mass is 31.2. The van der Waals surface area contributed by atoms with E-state index in [0.29, 0.717) is 6.42 Å². The Balaban J connectivity index is 2.64. The molecule has 0 aliphatic heterocycles. The predicted octanol–water partition coefficient (Wildman–Crippen LogP) is 4.94. The van der Waals surface area contributed by atoms with Crippen LogP contribution in [0.15, 0.2) is 12.2 Å². The van der Waals surface area contributed by atoms with Crippen molar-refractivity contribution in [2.45, 2.75) is 197 Å². The summed E-state index contributed by atoms with van der Waals surface area (Å²) < 4.78 is 22.7. The lowest BCUT2D eigenvalue weighted by atomic mass is 9.85. The van der Waals surface area contributed by atoms with Gasteiger partial charge < -0.3 is 40.8 Å². The van der Waals surface area contributed by atoms with Crippen LogP contribution in [0.5, 0.6) is 0 Å². The Hall–Kier alpha value is -0.920. The number of allylic oxidation sites excluding steroid dienone is 1. The van der Waals surface area contributed by atoms with E-state index in [4.69, 9.17) is 9.05 Å². The van der Waals surface area contributed by atoms with Crippen molar-refractivity contribution < 1.29 is 53.9 Å². The number of aliphatic hydroxyl groups excluding tert-OH is 6. The summed E-state index contributed by atoms with van der Waals surface area (Å²) in [5.41, 5.74) is 0. The zero-order chi connectivity index (χ0) is 35.8. The Kier molecular flexibility index (Phi) is 25.2. The first-order valence-electron chi connectivity index (χ1n) is 18.6. The van der Waals surface area contributed by atoms with Crippen molar-refractivity contribution in [1.82, 2.24) is 5.32 Å². The quantitative estimate of drug-likeness (QED) is 0.0297. The van der Waals surface area contributed by atoms with Gasteiger partial charge in [-0.3, -0.25) is 13.8 Å². The van der Waals surface area contributed by atoms with Gasteiger partial charge in [0.15, 0.2) is 0 Å². The van der Waals surface area contributed by atoms with E-state index in [1.54, 1.807) is 0 Å². The molecular formula is C35H68NO11P. The summed E-state index contributed by atoms with van der Waals surface area (Å²) in [6.45, 7) is 3.76. The molecule has 0 radical (unpaired) electrons. The maximum atomic E-state index is 12.8. The molecule has 0 heterocycles. The standard InChI is InChI=1S/C35H68NO11P/c1-3-5-7-9-11-13-15-16-18-20-22-24-28(37)27(36-29(38)25-23-21-19-17-14-12-10-8-6-4-2)26-46-48(44,45)47-35-33(42)31(40)30(39)32(41)34(35)43/h22,24,27-28,30-35,37,39-43H,3-21,23,25-26H2,1-2H3,(H,36,38)(H,44,45)/b24-22+/t27-,28+,30?,31+,32?,33?,34?,35?/m0/s1. The third-order valence-electron chi connectivity index (χ3n) is 9.07. The van der Waals surface area contributed by atoms with E-state index in [0.717, 1.165) is 44.9 Å². The van der Waals surface area contributed by atoms with E-state index in [2.05, 4.69) is 19.2 Å². The molecule has 1 saturated carbocycles. The van der Waals surface area contributed by atoms with Crippen molar-refractivity contribution in [1.29, 1.82) is 0 Å². The minimum absolute atomic E-state index is 0.216. The molecule has 8 N–H and O–H groups in total. The molecule has 0 aromatic heterocycles. The minimum Gasteiger partial charge on any atom is -0.387 e. The topological polar surface area (TPSA) is 206 Å². The molecule has 0 saturated heterocycles. The van der Waals surface area contributed by atoms with Crippen molar-refractivity contribution in [3.05, 3.63) is 12.2 Å². The Labute approximate surface area is 288 Å². The van der Waals surface area contributed by atoms with Crippen LogP contribution < -0.4 is 5.32 Å². The molecule has 9 atom stereocenters. The largest absolute Gasteiger partial charge is 0.472 e. The van der Waals surface area contributed by atoms with Gasteiger partial charge in [0, 0.05) is 6.42 Å². The summed E-state index contributed by atoms with van der Waals surface area (Å²) in [5, 5.41) is 63.5. The number of aliphatic hydroxyl groups is 6. The summed E-state index contributed by atoms with van der Waals surface area (Å²) in [6.07, 6.45) is 13.1. The van der Waals surface area contributed by atoms with Crippen LogP contribution in [0.4, 0.5) is 0 Å². The number of hydrogen-bond acceptors (Lipinski definition) is 10. The Morgan fingerprint density at radius 3 is 1.58 bits per heavy atom. The summed E-state index contributed by atoms with van der Waals surface area (Å²) in [4.78, 5) is 23.1. The molecule has 1 fully saturated rings. The fourth-order valence-electron chi connectivity index (χ4n) is 5.90. The molecule has 1 aliphatic carbocycles. The van der Waals surface area contributed by atoms with E-state index in [-0.39, 0.29) is 12.3 Å². The van der Waals surface area contributed by atoms with Gasteiger partial charge in [-0.15, -0.1) is 0 Å². The molecule has 284 valence electrons. The lowest BCUT2D eigenvalue weighted by molar-refractivity contribution is -0.220. The molecule has 0 spiro atoms. The van der Waals surface area contributed by atoms with Gasteiger partial charge >= 0.3 is 7.82 Å². The highest BCUT2D eigenvalue weighted by Gasteiger charge is 2.51. The molecule has 6 unspecified atom stereocenters. The fraction of sp³-hybridized carbons (Fsp3) is 0.914. The molecule has 13 heteroatoms. The van der Waals surface area contributed by atoms with Crippen molar-refractivity contribution in [2.75, 3.05) is 6.61 Å². The van der Waals surface area contributed by atoms with Crippen molar-refractivity contribution in [3.8, 4) is 0 Å².